The third kappa shape index (κ3) is 5.37. The van der Waals surface area contributed by atoms with Gasteiger partial charge in [0, 0.05) is 6.61 Å². The van der Waals surface area contributed by atoms with Crippen LogP contribution in [0.1, 0.15) is 84.0 Å². The van der Waals surface area contributed by atoms with Crippen molar-refractivity contribution in [2.45, 2.75) is 96.2 Å². The van der Waals surface area contributed by atoms with Gasteiger partial charge in [-0.25, -0.2) is 0 Å². The van der Waals surface area contributed by atoms with E-state index >= 15 is 0 Å². The number of hydrogen-bond acceptors (Lipinski definition) is 2. The lowest BCUT2D eigenvalue weighted by molar-refractivity contribution is -0.0328. The number of fused-ring (bicyclic) bond motifs is 1. The Morgan fingerprint density at radius 2 is 1.55 bits per heavy atom. The predicted octanol–water partition coefficient (Wildman–Crippen LogP) is 4.69. The standard InChI is InChI=1S/C18H34O2/c1-2-3-4-5-6-7-12-20-18-11-9-15-13-17(19)10-8-16(15)14-18/h15-19H,2-14H2,1H3. The van der Waals surface area contributed by atoms with Crippen molar-refractivity contribution >= 4 is 0 Å². The normalized spacial score (nSPS) is 33.9. The number of aliphatic hydroxyl groups excluding tert-OH is 1. The van der Waals surface area contributed by atoms with Gasteiger partial charge in [0.25, 0.3) is 0 Å². The Kier molecular flexibility index (Phi) is 7.37. The van der Waals surface area contributed by atoms with Crippen LogP contribution < -0.4 is 0 Å². The fourth-order valence-corrected chi connectivity index (χ4v) is 4.11. The topological polar surface area (TPSA) is 29.5 Å². The summed E-state index contributed by atoms with van der Waals surface area (Å²) in [7, 11) is 0. The van der Waals surface area contributed by atoms with Crippen LogP contribution in [0.5, 0.6) is 0 Å². The van der Waals surface area contributed by atoms with Gasteiger partial charge in [-0.1, -0.05) is 39.0 Å². The van der Waals surface area contributed by atoms with Crippen LogP contribution in [-0.2, 0) is 4.74 Å². The molecule has 2 heteroatoms. The average molecular weight is 282 g/mol. The first-order valence-corrected chi connectivity index (χ1v) is 9.09. The first-order chi connectivity index (χ1) is 9.79. The van der Waals surface area contributed by atoms with Crippen molar-refractivity contribution in [2.75, 3.05) is 6.61 Å². The smallest absolute Gasteiger partial charge is 0.0578 e. The summed E-state index contributed by atoms with van der Waals surface area (Å²) in [6.07, 6.45) is 15.6. The molecular formula is C18H34O2. The van der Waals surface area contributed by atoms with Crippen molar-refractivity contribution in [3.63, 3.8) is 0 Å². The van der Waals surface area contributed by atoms with E-state index in [1.807, 2.05) is 0 Å². The highest BCUT2D eigenvalue weighted by atomic mass is 16.5. The molecule has 2 nitrogen and oxygen atoms in total. The molecule has 0 aromatic heterocycles. The molecule has 0 aromatic rings. The van der Waals surface area contributed by atoms with Crippen LogP contribution in [0.2, 0.25) is 0 Å². The van der Waals surface area contributed by atoms with Gasteiger partial charge in [-0.3, -0.25) is 0 Å². The molecule has 4 atom stereocenters. The lowest BCUT2D eigenvalue weighted by Gasteiger charge is -2.40. The summed E-state index contributed by atoms with van der Waals surface area (Å²) < 4.78 is 6.10. The summed E-state index contributed by atoms with van der Waals surface area (Å²) in [5.41, 5.74) is 0. The Morgan fingerprint density at radius 3 is 2.40 bits per heavy atom. The van der Waals surface area contributed by atoms with Crippen LogP contribution in [0.15, 0.2) is 0 Å². The highest BCUT2D eigenvalue weighted by molar-refractivity contribution is 4.86. The Labute approximate surface area is 125 Å². The van der Waals surface area contributed by atoms with E-state index in [9.17, 15) is 5.11 Å². The molecule has 20 heavy (non-hydrogen) atoms. The molecule has 0 aliphatic heterocycles. The summed E-state index contributed by atoms with van der Waals surface area (Å²) in [5, 5.41) is 9.74. The molecular weight excluding hydrogens is 248 g/mol. The molecule has 2 aliphatic carbocycles. The second kappa shape index (κ2) is 9.04. The second-order valence-corrected chi connectivity index (χ2v) is 7.06. The quantitative estimate of drug-likeness (QED) is 0.654. The lowest BCUT2D eigenvalue weighted by Crippen LogP contribution is -2.35. The van der Waals surface area contributed by atoms with E-state index in [2.05, 4.69) is 6.92 Å². The van der Waals surface area contributed by atoms with Gasteiger partial charge in [0.05, 0.1) is 12.2 Å². The molecule has 2 rings (SSSR count). The van der Waals surface area contributed by atoms with E-state index in [0.29, 0.717) is 6.10 Å². The third-order valence-electron chi connectivity index (χ3n) is 5.39. The van der Waals surface area contributed by atoms with Gasteiger partial charge in [-0.05, 0) is 56.8 Å². The number of hydrogen-bond donors (Lipinski definition) is 1. The molecule has 0 bridgehead atoms. The van der Waals surface area contributed by atoms with E-state index in [4.69, 9.17) is 4.74 Å². The molecule has 2 aliphatic rings. The number of rotatable bonds is 8. The fourth-order valence-electron chi connectivity index (χ4n) is 4.11. The van der Waals surface area contributed by atoms with Crippen LogP contribution >= 0.6 is 0 Å². The summed E-state index contributed by atoms with van der Waals surface area (Å²) in [5.74, 6) is 1.62. The zero-order chi connectivity index (χ0) is 14.2. The highest BCUT2D eigenvalue weighted by Gasteiger charge is 2.35. The zero-order valence-corrected chi connectivity index (χ0v) is 13.4. The minimum atomic E-state index is -0.0168. The second-order valence-electron chi connectivity index (χ2n) is 7.06. The summed E-state index contributed by atoms with van der Waals surface area (Å²) >= 11 is 0. The first kappa shape index (κ1) is 16.3. The van der Waals surface area contributed by atoms with Gasteiger partial charge >= 0.3 is 0 Å². The summed E-state index contributed by atoms with van der Waals surface area (Å²) in [6.45, 7) is 3.24. The van der Waals surface area contributed by atoms with E-state index in [1.54, 1.807) is 0 Å². The minimum absolute atomic E-state index is 0.0168. The van der Waals surface area contributed by atoms with E-state index < -0.39 is 0 Å². The summed E-state index contributed by atoms with van der Waals surface area (Å²) in [4.78, 5) is 0. The Balaban J connectivity index is 1.52. The van der Waals surface area contributed by atoms with Crippen molar-refractivity contribution in [1.82, 2.24) is 0 Å². The molecule has 0 spiro atoms. The summed E-state index contributed by atoms with van der Waals surface area (Å²) in [6, 6.07) is 0. The maximum atomic E-state index is 9.74. The lowest BCUT2D eigenvalue weighted by atomic mass is 9.69. The molecule has 0 amide bonds. The van der Waals surface area contributed by atoms with Gasteiger partial charge < -0.3 is 9.84 Å². The SMILES string of the molecule is CCCCCCCCOC1CCC2CC(O)CCC2C1. The van der Waals surface area contributed by atoms with Gasteiger partial charge in [-0.15, -0.1) is 0 Å². The van der Waals surface area contributed by atoms with Crippen LogP contribution in [0.25, 0.3) is 0 Å². The monoisotopic (exact) mass is 282 g/mol. The predicted molar refractivity (Wildman–Crippen MR) is 83.8 cm³/mol. The van der Waals surface area contributed by atoms with Crippen LogP contribution in [0.4, 0.5) is 0 Å². The van der Waals surface area contributed by atoms with Crippen molar-refractivity contribution < 1.29 is 9.84 Å². The van der Waals surface area contributed by atoms with Crippen molar-refractivity contribution in [3.8, 4) is 0 Å². The maximum Gasteiger partial charge on any atom is 0.0578 e. The average Bonchev–Trinajstić information content (AvgIpc) is 2.46. The van der Waals surface area contributed by atoms with Crippen LogP contribution in [-0.4, -0.2) is 23.9 Å². The van der Waals surface area contributed by atoms with E-state index in [0.717, 1.165) is 31.3 Å². The fraction of sp³-hybridized carbons (Fsp3) is 1.00. The minimum Gasteiger partial charge on any atom is -0.393 e. The largest absolute Gasteiger partial charge is 0.393 e. The maximum absolute atomic E-state index is 9.74. The van der Waals surface area contributed by atoms with Gasteiger partial charge in [0.1, 0.15) is 0 Å². The first-order valence-electron chi connectivity index (χ1n) is 9.09. The van der Waals surface area contributed by atoms with Crippen LogP contribution in [0.3, 0.4) is 0 Å². The number of unbranched alkanes of at least 4 members (excludes halogenated alkanes) is 5. The highest BCUT2D eigenvalue weighted by Crippen LogP contribution is 2.41. The van der Waals surface area contributed by atoms with E-state index in [1.165, 1.54) is 64.2 Å². The van der Waals surface area contributed by atoms with Gasteiger partial charge in [0.2, 0.25) is 0 Å². The Hall–Kier alpha value is -0.0800. The Bertz CT molecular complexity index is 254. The molecule has 0 heterocycles. The molecule has 118 valence electrons. The van der Waals surface area contributed by atoms with Crippen molar-refractivity contribution in [1.29, 1.82) is 0 Å². The molecule has 0 radical (unpaired) electrons. The molecule has 0 saturated heterocycles. The van der Waals surface area contributed by atoms with Crippen molar-refractivity contribution in [3.05, 3.63) is 0 Å². The van der Waals surface area contributed by atoms with Crippen molar-refractivity contribution in [2.24, 2.45) is 11.8 Å². The Morgan fingerprint density at radius 1 is 0.850 bits per heavy atom. The number of aliphatic hydroxyl groups is 1. The van der Waals surface area contributed by atoms with Gasteiger partial charge in [-0.2, -0.15) is 0 Å². The third-order valence-corrected chi connectivity index (χ3v) is 5.39. The molecule has 4 unspecified atom stereocenters. The van der Waals surface area contributed by atoms with Gasteiger partial charge in [0.15, 0.2) is 0 Å². The zero-order valence-electron chi connectivity index (χ0n) is 13.4. The molecule has 1 N–H and O–H groups in total. The molecule has 2 fully saturated rings. The number of ether oxygens (including phenoxy) is 1. The molecule has 0 aromatic carbocycles. The van der Waals surface area contributed by atoms with Crippen LogP contribution in [0, 0.1) is 11.8 Å². The van der Waals surface area contributed by atoms with E-state index in [-0.39, 0.29) is 6.10 Å². The molecule has 2 saturated carbocycles.